The van der Waals surface area contributed by atoms with Crippen molar-refractivity contribution in [3.8, 4) is 0 Å². The third kappa shape index (κ3) is 3.31. The van der Waals surface area contributed by atoms with Crippen molar-refractivity contribution in [3.63, 3.8) is 0 Å². The number of rotatable bonds is 4. The number of pyridine rings is 1. The zero-order valence-corrected chi connectivity index (χ0v) is 13.3. The SMILES string of the molecule is CN(C)c1cccc(C(=O)NCc2ccnc3ccccc23)c1. The summed E-state index contributed by atoms with van der Waals surface area (Å²) in [5, 5.41) is 4.06. The molecule has 4 nitrogen and oxygen atoms in total. The highest BCUT2D eigenvalue weighted by Gasteiger charge is 2.08. The van der Waals surface area contributed by atoms with Crippen LogP contribution in [-0.4, -0.2) is 25.0 Å². The van der Waals surface area contributed by atoms with Gasteiger partial charge < -0.3 is 10.2 Å². The topological polar surface area (TPSA) is 45.2 Å². The lowest BCUT2D eigenvalue weighted by atomic mass is 10.1. The molecule has 0 saturated carbocycles. The number of fused-ring (bicyclic) bond motifs is 1. The molecule has 0 fully saturated rings. The number of amides is 1. The van der Waals surface area contributed by atoms with Crippen LogP contribution < -0.4 is 10.2 Å². The van der Waals surface area contributed by atoms with Crippen molar-refractivity contribution in [2.75, 3.05) is 19.0 Å². The molecule has 0 saturated heterocycles. The van der Waals surface area contributed by atoms with Crippen LogP contribution in [0, 0.1) is 0 Å². The third-order valence-electron chi connectivity index (χ3n) is 3.80. The van der Waals surface area contributed by atoms with Gasteiger partial charge in [-0.15, -0.1) is 0 Å². The monoisotopic (exact) mass is 305 g/mol. The average Bonchev–Trinajstić information content (AvgIpc) is 2.59. The summed E-state index contributed by atoms with van der Waals surface area (Å²) in [5.41, 5.74) is 3.67. The van der Waals surface area contributed by atoms with Gasteiger partial charge in [0, 0.05) is 43.5 Å². The van der Waals surface area contributed by atoms with E-state index in [1.54, 1.807) is 6.20 Å². The molecule has 1 N–H and O–H groups in total. The van der Waals surface area contributed by atoms with Gasteiger partial charge in [-0.3, -0.25) is 9.78 Å². The second kappa shape index (κ2) is 6.48. The maximum atomic E-state index is 12.4. The molecule has 0 aliphatic carbocycles. The molecule has 1 amide bonds. The summed E-state index contributed by atoms with van der Waals surface area (Å²) >= 11 is 0. The van der Waals surface area contributed by atoms with E-state index in [1.807, 2.05) is 73.6 Å². The van der Waals surface area contributed by atoms with Crippen molar-refractivity contribution in [1.29, 1.82) is 0 Å². The van der Waals surface area contributed by atoms with Crippen LogP contribution in [-0.2, 0) is 6.54 Å². The molecule has 0 bridgehead atoms. The van der Waals surface area contributed by atoms with Gasteiger partial charge in [0.25, 0.3) is 5.91 Å². The van der Waals surface area contributed by atoms with Gasteiger partial charge in [-0.2, -0.15) is 0 Å². The fraction of sp³-hybridized carbons (Fsp3) is 0.158. The van der Waals surface area contributed by atoms with Crippen LogP contribution in [0.4, 0.5) is 5.69 Å². The van der Waals surface area contributed by atoms with E-state index in [-0.39, 0.29) is 5.91 Å². The zero-order chi connectivity index (χ0) is 16.2. The van der Waals surface area contributed by atoms with Crippen LogP contribution in [0.5, 0.6) is 0 Å². The number of hydrogen-bond donors (Lipinski definition) is 1. The number of nitrogens with zero attached hydrogens (tertiary/aromatic N) is 2. The van der Waals surface area contributed by atoms with Gasteiger partial charge in [0.15, 0.2) is 0 Å². The van der Waals surface area contributed by atoms with Crippen LogP contribution in [0.25, 0.3) is 10.9 Å². The first-order valence-corrected chi connectivity index (χ1v) is 7.53. The molecular weight excluding hydrogens is 286 g/mol. The van der Waals surface area contributed by atoms with Crippen molar-refractivity contribution < 1.29 is 4.79 Å². The Morgan fingerprint density at radius 3 is 2.74 bits per heavy atom. The van der Waals surface area contributed by atoms with E-state index in [1.165, 1.54) is 0 Å². The maximum Gasteiger partial charge on any atom is 0.251 e. The summed E-state index contributed by atoms with van der Waals surface area (Å²) in [4.78, 5) is 18.7. The molecule has 3 rings (SSSR count). The third-order valence-corrected chi connectivity index (χ3v) is 3.80. The first-order valence-electron chi connectivity index (χ1n) is 7.53. The van der Waals surface area contributed by atoms with E-state index in [0.29, 0.717) is 12.1 Å². The molecule has 1 heterocycles. The molecule has 0 aliphatic heterocycles. The molecule has 1 aromatic heterocycles. The summed E-state index contributed by atoms with van der Waals surface area (Å²) in [6, 6.07) is 17.5. The molecule has 2 aromatic carbocycles. The van der Waals surface area contributed by atoms with Crippen LogP contribution in [0.15, 0.2) is 60.8 Å². The Balaban J connectivity index is 1.77. The van der Waals surface area contributed by atoms with Gasteiger partial charge in [0.2, 0.25) is 0 Å². The summed E-state index contributed by atoms with van der Waals surface area (Å²) in [5.74, 6) is -0.0745. The Morgan fingerprint density at radius 1 is 1.09 bits per heavy atom. The first-order chi connectivity index (χ1) is 11.1. The second-order valence-electron chi connectivity index (χ2n) is 5.61. The predicted octanol–water partition coefficient (Wildman–Crippen LogP) is 3.23. The largest absolute Gasteiger partial charge is 0.378 e. The van der Waals surface area contributed by atoms with Gasteiger partial charge in [0.05, 0.1) is 5.52 Å². The minimum absolute atomic E-state index is 0.0745. The van der Waals surface area contributed by atoms with Crippen LogP contribution >= 0.6 is 0 Å². The van der Waals surface area contributed by atoms with Crippen LogP contribution in [0.2, 0.25) is 0 Å². The predicted molar refractivity (Wildman–Crippen MR) is 93.7 cm³/mol. The molecule has 0 aliphatic rings. The molecule has 0 radical (unpaired) electrons. The number of nitrogens with one attached hydrogen (secondary N) is 1. The summed E-state index contributed by atoms with van der Waals surface area (Å²) in [6.07, 6.45) is 1.77. The molecule has 4 heteroatoms. The number of para-hydroxylation sites is 1. The Kier molecular flexibility index (Phi) is 4.24. The minimum atomic E-state index is -0.0745. The summed E-state index contributed by atoms with van der Waals surface area (Å²) in [7, 11) is 3.92. The molecule has 0 unspecified atom stereocenters. The number of carbonyl (C=O) groups is 1. The van der Waals surface area contributed by atoms with Gasteiger partial charge in [-0.05, 0) is 35.9 Å². The Bertz CT molecular complexity index is 837. The number of anilines is 1. The molecule has 0 spiro atoms. The molecule has 23 heavy (non-hydrogen) atoms. The maximum absolute atomic E-state index is 12.4. The fourth-order valence-corrected chi connectivity index (χ4v) is 2.51. The standard InChI is InChI=1S/C19H19N3O/c1-22(2)16-7-5-6-14(12-16)19(23)21-13-15-10-11-20-18-9-4-3-8-17(15)18/h3-12H,13H2,1-2H3,(H,21,23). The summed E-state index contributed by atoms with van der Waals surface area (Å²) in [6.45, 7) is 0.480. The number of benzene rings is 2. The molecule has 3 aromatic rings. The van der Waals surface area contributed by atoms with Crippen molar-refractivity contribution in [3.05, 3.63) is 71.9 Å². The van der Waals surface area contributed by atoms with Crippen molar-refractivity contribution in [2.45, 2.75) is 6.54 Å². The van der Waals surface area contributed by atoms with Gasteiger partial charge >= 0.3 is 0 Å². The van der Waals surface area contributed by atoms with Gasteiger partial charge in [-0.1, -0.05) is 24.3 Å². The normalized spacial score (nSPS) is 10.5. The van der Waals surface area contributed by atoms with E-state index in [4.69, 9.17) is 0 Å². The quantitative estimate of drug-likeness (QED) is 0.805. The van der Waals surface area contributed by atoms with Gasteiger partial charge in [0.1, 0.15) is 0 Å². The fourth-order valence-electron chi connectivity index (χ4n) is 2.51. The van der Waals surface area contributed by atoms with Crippen LogP contribution in [0.3, 0.4) is 0 Å². The number of hydrogen-bond acceptors (Lipinski definition) is 3. The smallest absolute Gasteiger partial charge is 0.251 e. The minimum Gasteiger partial charge on any atom is -0.378 e. The first kappa shape index (κ1) is 15.0. The van der Waals surface area contributed by atoms with Crippen molar-refractivity contribution in [2.24, 2.45) is 0 Å². The van der Waals surface area contributed by atoms with E-state index in [0.717, 1.165) is 22.2 Å². The molecule has 116 valence electrons. The van der Waals surface area contributed by atoms with E-state index in [2.05, 4.69) is 10.3 Å². The molecule has 0 atom stereocenters. The Labute approximate surface area is 135 Å². The lowest BCUT2D eigenvalue weighted by Crippen LogP contribution is -2.23. The number of carbonyl (C=O) groups excluding carboxylic acids is 1. The van der Waals surface area contributed by atoms with Crippen LogP contribution in [0.1, 0.15) is 15.9 Å². The lowest BCUT2D eigenvalue weighted by Gasteiger charge is -2.13. The van der Waals surface area contributed by atoms with E-state index >= 15 is 0 Å². The highest BCUT2D eigenvalue weighted by molar-refractivity contribution is 5.95. The van der Waals surface area contributed by atoms with Gasteiger partial charge in [-0.25, -0.2) is 0 Å². The average molecular weight is 305 g/mol. The lowest BCUT2D eigenvalue weighted by molar-refractivity contribution is 0.0951. The second-order valence-corrected chi connectivity index (χ2v) is 5.61. The Morgan fingerprint density at radius 2 is 1.91 bits per heavy atom. The zero-order valence-electron chi connectivity index (χ0n) is 13.3. The number of aromatic nitrogens is 1. The highest BCUT2D eigenvalue weighted by Crippen LogP contribution is 2.17. The van der Waals surface area contributed by atoms with E-state index in [9.17, 15) is 4.79 Å². The summed E-state index contributed by atoms with van der Waals surface area (Å²) < 4.78 is 0. The highest BCUT2D eigenvalue weighted by atomic mass is 16.1. The van der Waals surface area contributed by atoms with Crippen molar-refractivity contribution >= 4 is 22.5 Å². The molecular formula is C19H19N3O. The van der Waals surface area contributed by atoms with Crippen molar-refractivity contribution in [1.82, 2.24) is 10.3 Å². The van der Waals surface area contributed by atoms with E-state index < -0.39 is 0 Å². The Hall–Kier alpha value is -2.88.